The van der Waals surface area contributed by atoms with Gasteiger partial charge in [0.1, 0.15) is 0 Å². The molecule has 0 radical (unpaired) electrons. The minimum Gasteiger partial charge on any atom is -0.491 e. The van der Waals surface area contributed by atoms with Crippen LogP contribution in [-0.2, 0) is 4.74 Å². The molecule has 2 aromatic rings. The van der Waals surface area contributed by atoms with Crippen LogP contribution in [0.25, 0.3) is 11.7 Å². The zero-order valence-electron chi connectivity index (χ0n) is 9.17. The van der Waals surface area contributed by atoms with Crippen molar-refractivity contribution in [2.24, 2.45) is 0 Å². The lowest BCUT2D eigenvalue weighted by Gasteiger charge is -2.06. The van der Waals surface area contributed by atoms with E-state index in [1.54, 1.807) is 18.5 Å². The second-order valence-corrected chi connectivity index (χ2v) is 3.37. The van der Waals surface area contributed by atoms with E-state index in [-0.39, 0.29) is 5.28 Å². The van der Waals surface area contributed by atoms with Crippen LogP contribution in [0, 0.1) is 0 Å². The van der Waals surface area contributed by atoms with E-state index in [0.717, 1.165) is 0 Å². The third-order valence-electron chi connectivity index (χ3n) is 1.87. The van der Waals surface area contributed by atoms with E-state index in [2.05, 4.69) is 26.6 Å². The number of hydrogen-bond donors (Lipinski definition) is 0. The van der Waals surface area contributed by atoms with Crippen molar-refractivity contribution in [3.8, 4) is 5.95 Å². The summed E-state index contributed by atoms with van der Waals surface area (Å²) in [6.45, 7) is 6.05. The molecule has 0 fully saturated rings. The van der Waals surface area contributed by atoms with Gasteiger partial charge in [0.05, 0.1) is 6.61 Å². The van der Waals surface area contributed by atoms with Gasteiger partial charge in [-0.2, -0.15) is 20.1 Å². The van der Waals surface area contributed by atoms with Crippen LogP contribution in [0.3, 0.4) is 0 Å². The smallest absolute Gasteiger partial charge is 0.255 e. The van der Waals surface area contributed by atoms with Crippen molar-refractivity contribution >= 4 is 17.4 Å². The van der Waals surface area contributed by atoms with Crippen molar-refractivity contribution in [1.29, 1.82) is 0 Å². The molecule has 0 bridgehead atoms. The van der Waals surface area contributed by atoms with Gasteiger partial charge in [0.25, 0.3) is 5.95 Å². The Balaban J connectivity index is 2.39. The molecule has 6 nitrogen and oxygen atoms in total. The van der Waals surface area contributed by atoms with Crippen molar-refractivity contribution in [1.82, 2.24) is 24.7 Å². The van der Waals surface area contributed by atoms with Crippen molar-refractivity contribution in [3.63, 3.8) is 0 Å². The van der Waals surface area contributed by atoms with Crippen LogP contribution in [-0.4, -0.2) is 31.3 Å². The summed E-state index contributed by atoms with van der Waals surface area (Å²) in [7, 11) is 0. The standard InChI is InChI=1S/C10H10ClN5O/c1-3-17-7(2)8-13-9(11)15-10(14-8)16-6-4-5-12-16/h4-6H,2-3H2,1H3. The molecule has 2 rings (SSSR count). The highest BCUT2D eigenvalue weighted by Gasteiger charge is 2.10. The van der Waals surface area contributed by atoms with E-state index in [1.807, 2.05) is 6.92 Å². The average molecular weight is 252 g/mol. The van der Waals surface area contributed by atoms with Crippen LogP contribution < -0.4 is 0 Å². The molecule has 17 heavy (non-hydrogen) atoms. The Labute approximate surface area is 103 Å². The lowest BCUT2D eigenvalue weighted by molar-refractivity contribution is 0.296. The molecule has 0 aliphatic carbocycles. The van der Waals surface area contributed by atoms with Gasteiger partial charge in [-0.15, -0.1) is 0 Å². The van der Waals surface area contributed by atoms with E-state index < -0.39 is 0 Å². The van der Waals surface area contributed by atoms with Gasteiger partial charge in [-0.1, -0.05) is 6.58 Å². The normalized spacial score (nSPS) is 10.2. The molecule has 0 amide bonds. The lowest BCUT2D eigenvalue weighted by atomic mass is 10.5. The van der Waals surface area contributed by atoms with Crippen LogP contribution in [0.1, 0.15) is 12.7 Å². The fourth-order valence-electron chi connectivity index (χ4n) is 1.19. The fraction of sp³-hybridized carbons (Fsp3) is 0.200. The Morgan fingerprint density at radius 3 is 2.94 bits per heavy atom. The van der Waals surface area contributed by atoms with Crippen molar-refractivity contribution < 1.29 is 4.74 Å². The van der Waals surface area contributed by atoms with Crippen molar-refractivity contribution in [3.05, 3.63) is 36.1 Å². The van der Waals surface area contributed by atoms with Gasteiger partial charge < -0.3 is 4.74 Å². The Morgan fingerprint density at radius 2 is 2.29 bits per heavy atom. The first-order valence-corrected chi connectivity index (χ1v) is 5.32. The molecule has 0 aliphatic heterocycles. The molecule has 0 aliphatic rings. The number of rotatable bonds is 4. The quantitative estimate of drug-likeness (QED) is 0.774. The monoisotopic (exact) mass is 251 g/mol. The van der Waals surface area contributed by atoms with E-state index in [0.29, 0.717) is 24.1 Å². The van der Waals surface area contributed by atoms with Gasteiger partial charge in [0.15, 0.2) is 5.76 Å². The summed E-state index contributed by atoms with van der Waals surface area (Å²) in [4.78, 5) is 12.1. The van der Waals surface area contributed by atoms with Crippen LogP contribution in [0.15, 0.2) is 25.0 Å². The van der Waals surface area contributed by atoms with Gasteiger partial charge in [-0.05, 0) is 24.6 Å². The number of aromatic nitrogens is 5. The molecule has 0 atom stereocenters. The maximum absolute atomic E-state index is 5.81. The van der Waals surface area contributed by atoms with Crippen LogP contribution in [0.2, 0.25) is 5.28 Å². The molecule has 2 heterocycles. The van der Waals surface area contributed by atoms with Gasteiger partial charge in [-0.25, -0.2) is 4.68 Å². The molecule has 0 saturated carbocycles. The SMILES string of the molecule is C=C(OCC)c1nc(Cl)nc(-n2cccn2)n1. The van der Waals surface area contributed by atoms with Crippen molar-refractivity contribution in [2.45, 2.75) is 6.92 Å². The minimum atomic E-state index is 0.0707. The van der Waals surface area contributed by atoms with Crippen molar-refractivity contribution in [2.75, 3.05) is 6.61 Å². The molecule has 0 spiro atoms. The summed E-state index contributed by atoms with van der Waals surface area (Å²) in [6.07, 6.45) is 3.33. The lowest BCUT2D eigenvalue weighted by Crippen LogP contribution is -2.07. The first-order chi connectivity index (χ1) is 8.20. The molecule has 0 unspecified atom stereocenters. The Morgan fingerprint density at radius 1 is 1.47 bits per heavy atom. The maximum atomic E-state index is 5.81. The Bertz CT molecular complexity index is 525. The summed E-state index contributed by atoms with van der Waals surface area (Å²) in [6, 6.07) is 1.76. The van der Waals surface area contributed by atoms with E-state index in [4.69, 9.17) is 16.3 Å². The fourth-order valence-corrected chi connectivity index (χ4v) is 1.35. The second kappa shape index (κ2) is 4.92. The third kappa shape index (κ3) is 2.59. The Hall–Kier alpha value is -1.95. The molecular weight excluding hydrogens is 242 g/mol. The summed E-state index contributed by atoms with van der Waals surface area (Å²) in [5, 5.41) is 4.08. The van der Waals surface area contributed by atoms with E-state index in [1.165, 1.54) is 4.68 Å². The maximum Gasteiger partial charge on any atom is 0.255 e. The molecule has 88 valence electrons. The third-order valence-corrected chi connectivity index (χ3v) is 2.04. The number of halogens is 1. The summed E-state index contributed by atoms with van der Waals surface area (Å²) in [5.41, 5.74) is 0. The minimum absolute atomic E-state index is 0.0707. The highest BCUT2D eigenvalue weighted by molar-refractivity contribution is 6.28. The van der Waals surface area contributed by atoms with Crippen LogP contribution in [0.5, 0.6) is 0 Å². The molecule has 7 heteroatoms. The highest BCUT2D eigenvalue weighted by Crippen LogP contribution is 2.12. The molecule has 0 aromatic carbocycles. The molecule has 0 N–H and O–H groups in total. The van der Waals surface area contributed by atoms with Crippen LogP contribution >= 0.6 is 11.6 Å². The van der Waals surface area contributed by atoms with Gasteiger partial charge >= 0.3 is 0 Å². The number of nitrogens with zero attached hydrogens (tertiary/aromatic N) is 5. The largest absolute Gasteiger partial charge is 0.491 e. The zero-order valence-corrected chi connectivity index (χ0v) is 9.92. The molecular formula is C10H10ClN5O. The first kappa shape index (κ1) is 11.5. The van der Waals surface area contributed by atoms with Gasteiger partial charge in [0, 0.05) is 12.4 Å². The number of ether oxygens (including phenoxy) is 1. The summed E-state index contributed by atoms with van der Waals surface area (Å²) >= 11 is 5.81. The predicted molar refractivity (Wildman–Crippen MR) is 62.6 cm³/mol. The van der Waals surface area contributed by atoms with Gasteiger partial charge in [0.2, 0.25) is 11.1 Å². The van der Waals surface area contributed by atoms with Gasteiger partial charge in [-0.3, -0.25) is 0 Å². The summed E-state index contributed by atoms with van der Waals surface area (Å²) in [5.74, 6) is 0.980. The number of hydrogen-bond acceptors (Lipinski definition) is 5. The second-order valence-electron chi connectivity index (χ2n) is 3.03. The summed E-state index contributed by atoms with van der Waals surface area (Å²) < 4.78 is 6.70. The zero-order chi connectivity index (χ0) is 12.3. The topological polar surface area (TPSA) is 65.7 Å². The van der Waals surface area contributed by atoms with Crippen LogP contribution in [0.4, 0.5) is 0 Å². The molecule has 2 aromatic heterocycles. The first-order valence-electron chi connectivity index (χ1n) is 4.94. The Kier molecular flexibility index (Phi) is 3.34. The average Bonchev–Trinajstić information content (AvgIpc) is 2.82. The molecule has 0 saturated heterocycles. The predicted octanol–water partition coefficient (Wildman–Crippen LogP) is 1.72. The highest BCUT2D eigenvalue weighted by atomic mass is 35.5. The van der Waals surface area contributed by atoms with E-state index in [9.17, 15) is 0 Å². The van der Waals surface area contributed by atoms with E-state index >= 15 is 0 Å².